The van der Waals surface area contributed by atoms with Crippen molar-refractivity contribution in [3.05, 3.63) is 198 Å². The second kappa shape index (κ2) is 18.7. The van der Waals surface area contributed by atoms with Gasteiger partial charge in [-0.05, 0) is 120 Å². The van der Waals surface area contributed by atoms with Crippen molar-refractivity contribution in [2.45, 2.75) is 91.9 Å². The topological polar surface area (TPSA) is 43.9 Å². The van der Waals surface area contributed by atoms with Gasteiger partial charge in [-0.2, -0.15) is 0 Å². The zero-order valence-electron chi connectivity index (χ0n) is 41.3. The Morgan fingerprint density at radius 3 is 1.97 bits per heavy atom. The zero-order chi connectivity index (χ0) is 47.5. The van der Waals surface area contributed by atoms with Crippen LogP contribution >= 0.6 is 0 Å². The average molecular weight is 1080 g/mol. The van der Waals surface area contributed by atoms with Crippen LogP contribution in [0.15, 0.2) is 168 Å². The first-order valence-electron chi connectivity index (χ1n) is 24.0. The third-order valence-electron chi connectivity index (χ3n) is 13.4. The average Bonchev–Trinajstić information content (AvgIpc) is 3.91. The smallest absolute Gasteiger partial charge is 0.121 e. The van der Waals surface area contributed by atoms with Crippen LogP contribution in [0.1, 0.15) is 103 Å². The standard InChI is InChI=1S/C49H43N2O.C15H16N.Ir/c1-29(2)38-26-34(31-15-9-8-10-16-31)27-39(30(3)4)45(38)51-46-42(49(5,6)7)21-14-22-43(46)50-48(51)37-20-13-19-36-41-25-33-24-23-32-17-11-12-18-35(32)40(33)28-44(41)52-47(36)37;1-15(2,3)13-9-10-16-14(11-13)12-7-5-4-6-8-12;/h8-19,21-30H,1-7H3;4-7,9-11H,1-3H3;/q2*-1;. The van der Waals surface area contributed by atoms with Crippen LogP contribution in [0.2, 0.25) is 0 Å². The van der Waals surface area contributed by atoms with E-state index in [4.69, 9.17) is 9.40 Å². The van der Waals surface area contributed by atoms with Gasteiger partial charge in [-0.3, -0.25) is 4.98 Å². The predicted octanol–water partition coefficient (Wildman–Crippen LogP) is 17.8. The zero-order valence-corrected chi connectivity index (χ0v) is 43.7. The quantitative estimate of drug-likeness (QED) is 0.123. The number of para-hydroxylation sites is 1. The summed E-state index contributed by atoms with van der Waals surface area (Å²) in [5.41, 5.74) is 15.6. The second-order valence-corrected chi connectivity index (χ2v) is 20.9. The summed E-state index contributed by atoms with van der Waals surface area (Å²) in [5, 5.41) is 7.02. The summed E-state index contributed by atoms with van der Waals surface area (Å²) in [4.78, 5) is 9.89. The van der Waals surface area contributed by atoms with Gasteiger partial charge in [0.1, 0.15) is 5.58 Å². The number of pyridine rings is 1. The fourth-order valence-corrected chi connectivity index (χ4v) is 9.74. The van der Waals surface area contributed by atoms with Gasteiger partial charge in [0.05, 0.1) is 22.4 Å². The van der Waals surface area contributed by atoms with Crippen LogP contribution in [-0.4, -0.2) is 14.5 Å². The molecule has 0 unspecified atom stereocenters. The molecule has 11 aromatic rings. The van der Waals surface area contributed by atoms with E-state index < -0.39 is 0 Å². The fourth-order valence-electron chi connectivity index (χ4n) is 9.74. The van der Waals surface area contributed by atoms with Gasteiger partial charge in [0.15, 0.2) is 0 Å². The molecule has 0 bridgehead atoms. The Balaban J connectivity index is 0.000000296. The molecule has 0 amide bonds. The number of aromatic nitrogens is 3. The Kier molecular flexibility index (Phi) is 12.8. The molecule has 0 saturated carbocycles. The molecule has 0 aliphatic heterocycles. The van der Waals surface area contributed by atoms with E-state index in [1.165, 1.54) is 60.6 Å². The van der Waals surface area contributed by atoms with Crippen LogP contribution in [0.4, 0.5) is 0 Å². The number of fused-ring (bicyclic) bond motifs is 7. The van der Waals surface area contributed by atoms with Gasteiger partial charge in [0.25, 0.3) is 0 Å². The summed E-state index contributed by atoms with van der Waals surface area (Å²) in [7, 11) is 0. The normalized spacial score (nSPS) is 12.1. The van der Waals surface area contributed by atoms with E-state index in [9.17, 15) is 0 Å². The Labute approximate surface area is 420 Å². The van der Waals surface area contributed by atoms with Crippen LogP contribution in [0.5, 0.6) is 0 Å². The van der Waals surface area contributed by atoms with Crippen molar-refractivity contribution >= 4 is 54.5 Å². The fraction of sp³-hybridized carbons (Fsp3) is 0.219. The first-order chi connectivity index (χ1) is 32.7. The Morgan fingerprint density at radius 1 is 0.565 bits per heavy atom. The summed E-state index contributed by atoms with van der Waals surface area (Å²) >= 11 is 0. The molecule has 0 fully saturated rings. The molecule has 4 nitrogen and oxygen atoms in total. The molecule has 3 aromatic heterocycles. The van der Waals surface area contributed by atoms with Crippen LogP contribution in [0, 0.1) is 12.1 Å². The number of imidazole rings is 1. The van der Waals surface area contributed by atoms with Crippen molar-refractivity contribution in [2.24, 2.45) is 0 Å². The van der Waals surface area contributed by atoms with Crippen LogP contribution in [-0.2, 0) is 30.9 Å². The molecule has 69 heavy (non-hydrogen) atoms. The maximum atomic E-state index is 6.93. The molecule has 0 aliphatic rings. The third-order valence-corrected chi connectivity index (χ3v) is 13.4. The predicted molar refractivity (Wildman–Crippen MR) is 287 cm³/mol. The molecule has 1 radical (unpaired) electrons. The van der Waals surface area contributed by atoms with Gasteiger partial charge in [-0.25, -0.2) is 0 Å². The van der Waals surface area contributed by atoms with Crippen LogP contribution in [0.3, 0.4) is 0 Å². The number of hydrogen-bond donors (Lipinski definition) is 0. The molecule has 0 spiro atoms. The minimum absolute atomic E-state index is 0. The molecule has 11 rings (SSSR count). The number of hydrogen-bond acceptors (Lipinski definition) is 3. The van der Waals surface area contributed by atoms with E-state index in [2.05, 4.69) is 218 Å². The molecule has 3 heterocycles. The largest absolute Gasteiger partial charge is 0.501 e. The van der Waals surface area contributed by atoms with Gasteiger partial charge in [-0.15, -0.1) is 54.1 Å². The minimum Gasteiger partial charge on any atom is -0.501 e. The minimum atomic E-state index is -0.119. The molecule has 5 heteroatoms. The van der Waals surface area contributed by atoms with Crippen molar-refractivity contribution in [3.8, 4) is 39.5 Å². The maximum Gasteiger partial charge on any atom is 0.121 e. The van der Waals surface area contributed by atoms with Gasteiger partial charge in [-0.1, -0.05) is 165 Å². The molecular weight excluding hydrogens is 1020 g/mol. The van der Waals surface area contributed by atoms with Crippen LogP contribution in [0.25, 0.3) is 94.0 Å². The van der Waals surface area contributed by atoms with Crippen molar-refractivity contribution in [1.82, 2.24) is 14.5 Å². The molecule has 0 aliphatic carbocycles. The third kappa shape index (κ3) is 8.95. The van der Waals surface area contributed by atoms with Crippen molar-refractivity contribution in [1.29, 1.82) is 0 Å². The van der Waals surface area contributed by atoms with Crippen molar-refractivity contribution in [2.75, 3.05) is 0 Å². The first kappa shape index (κ1) is 47.4. The van der Waals surface area contributed by atoms with E-state index >= 15 is 0 Å². The van der Waals surface area contributed by atoms with E-state index in [0.29, 0.717) is 0 Å². The Bertz CT molecular complexity index is 3610. The maximum absolute atomic E-state index is 6.93. The first-order valence-corrected chi connectivity index (χ1v) is 24.0. The molecule has 0 N–H and O–H groups in total. The summed E-state index contributed by atoms with van der Waals surface area (Å²) in [5.74, 6) is 1.37. The summed E-state index contributed by atoms with van der Waals surface area (Å²) < 4.78 is 9.38. The molecule has 8 aromatic carbocycles. The molecular formula is C64H59IrN3O-2. The Hall–Kier alpha value is -6.65. The van der Waals surface area contributed by atoms with Crippen LogP contribution < -0.4 is 0 Å². The van der Waals surface area contributed by atoms with Crippen molar-refractivity contribution < 1.29 is 24.5 Å². The van der Waals surface area contributed by atoms with E-state index in [-0.39, 0.29) is 42.8 Å². The van der Waals surface area contributed by atoms with E-state index in [1.54, 1.807) is 0 Å². The van der Waals surface area contributed by atoms with E-state index in [0.717, 1.165) is 55.6 Å². The summed E-state index contributed by atoms with van der Waals surface area (Å²) in [6, 6.07) is 62.8. The number of benzene rings is 8. The number of furan rings is 1. The monoisotopic (exact) mass is 1080 g/mol. The molecule has 347 valence electrons. The summed E-state index contributed by atoms with van der Waals surface area (Å²) in [6.07, 6.45) is 1.87. The summed E-state index contributed by atoms with van der Waals surface area (Å²) in [6.45, 7) is 22.7. The van der Waals surface area contributed by atoms with Gasteiger partial charge in [0, 0.05) is 37.4 Å². The van der Waals surface area contributed by atoms with Gasteiger partial charge < -0.3 is 14.0 Å². The Morgan fingerprint density at radius 2 is 1.28 bits per heavy atom. The van der Waals surface area contributed by atoms with E-state index in [1.807, 2.05) is 36.5 Å². The molecule has 0 saturated heterocycles. The van der Waals surface area contributed by atoms with Gasteiger partial charge in [0.2, 0.25) is 0 Å². The molecule has 0 atom stereocenters. The number of rotatable bonds is 6. The SMILES string of the molecule is CC(C)(C)c1ccnc(-c2[c-]cccc2)c1.CC(C)c1cc(-c2ccccc2)cc(C(C)C)c1-n1c(-c2[c-]ccc3c2oc2cc4c(ccc5ccccc54)cc23)nc2cccc(C(C)(C)C)c21.[Ir]. The number of nitrogens with zero attached hydrogens (tertiary/aromatic N) is 3. The van der Waals surface area contributed by atoms with Crippen molar-refractivity contribution in [3.63, 3.8) is 0 Å². The second-order valence-electron chi connectivity index (χ2n) is 20.9. The van der Waals surface area contributed by atoms with Gasteiger partial charge >= 0.3 is 0 Å².